The summed E-state index contributed by atoms with van der Waals surface area (Å²) in [5.41, 5.74) is 7.13. The van der Waals surface area contributed by atoms with Crippen LogP contribution in [-0.2, 0) is 6.54 Å². The molecular formula is C11H20N4O3. The maximum absolute atomic E-state index is 12.3. The number of amides is 1. The van der Waals surface area contributed by atoms with Crippen molar-refractivity contribution >= 4 is 11.6 Å². The number of aliphatic hydroxyl groups excluding tert-OH is 2. The first-order valence-electron chi connectivity index (χ1n) is 5.90. The first kappa shape index (κ1) is 14.5. The van der Waals surface area contributed by atoms with E-state index in [0.29, 0.717) is 23.6 Å². The minimum Gasteiger partial charge on any atom is -0.395 e. The van der Waals surface area contributed by atoms with E-state index in [1.807, 2.05) is 6.92 Å². The Kier molecular flexibility index (Phi) is 5.11. The van der Waals surface area contributed by atoms with E-state index in [0.717, 1.165) is 0 Å². The fraction of sp³-hybridized carbons (Fsp3) is 0.636. The van der Waals surface area contributed by atoms with Gasteiger partial charge in [-0.2, -0.15) is 5.10 Å². The van der Waals surface area contributed by atoms with Crippen molar-refractivity contribution in [3.8, 4) is 0 Å². The molecular weight excluding hydrogens is 236 g/mol. The van der Waals surface area contributed by atoms with E-state index >= 15 is 0 Å². The molecule has 0 bridgehead atoms. The third-order valence-corrected chi connectivity index (χ3v) is 2.70. The lowest BCUT2D eigenvalue weighted by Crippen LogP contribution is -2.37. The quantitative estimate of drug-likeness (QED) is 0.619. The second kappa shape index (κ2) is 6.36. The predicted octanol–water partition coefficient (Wildman–Crippen LogP) is -0.780. The highest BCUT2D eigenvalue weighted by Gasteiger charge is 2.23. The van der Waals surface area contributed by atoms with Crippen LogP contribution in [0.1, 0.15) is 23.1 Å². The first-order chi connectivity index (χ1) is 8.56. The third-order valence-electron chi connectivity index (χ3n) is 2.70. The topological polar surface area (TPSA) is 105 Å². The van der Waals surface area contributed by atoms with Gasteiger partial charge >= 0.3 is 0 Å². The Balaban J connectivity index is 3.07. The van der Waals surface area contributed by atoms with Crippen LogP contribution in [0.4, 0.5) is 5.69 Å². The normalized spacial score (nSPS) is 10.7. The molecule has 102 valence electrons. The molecule has 0 radical (unpaired) electrons. The van der Waals surface area contributed by atoms with Gasteiger partial charge < -0.3 is 20.8 Å². The van der Waals surface area contributed by atoms with Crippen molar-refractivity contribution in [3.05, 3.63) is 11.4 Å². The van der Waals surface area contributed by atoms with Crippen LogP contribution in [0.15, 0.2) is 0 Å². The number of carbonyl (C=O) groups is 1. The zero-order valence-corrected chi connectivity index (χ0v) is 10.8. The Morgan fingerprint density at radius 2 is 1.94 bits per heavy atom. The number of aromatic nitrogens is 2. The maximum atomic E-state index is 12.3. The molecule has 7 nitrogen and oxygen atoms in total. The summed E-state index contributed by atoms with van der Waals surface area (Å²) in [6, 6.07) is 0. The molecule has 0 aliphatic carbocycles. The van der Waals surface area contributed by atoms with E-state index in [1.165, 1.54) is 9.58 Å². The predicted molar refractivity (Wildman–Crippen MR) is 67.1 cm³/mol. The molecule has 1 heterocycles. The molecule has 1 aromatic heterocycles. The number of hydrogen-bond donors (Lipinski definition) is 3. The Morgan fingerprint density at radius 1 is 1.39 bits per heavy atom. The molecule has 4 N–H and O–H groups in total. The molecule has 1 amide bonds. The van der Waals surface area contributed by atoms with Gasteiger partial charge in [-0.1, -0.05) is 0 Å². The van der Waals surface area contributed by atoms with Crippen molar-refractivity contribution in [2.45, 2.75) is 20.4 Å². The second-order valence-electron chi connectivity index (χ2n) is 3.90. The summed E-state index contributed by atoms with van der Waals surface area (Å²) in [6.07, 6.45) is 0. The lowest BCUT2D eigenvalue weighted by atomic mass is 10.2. The molecule has 0 fully saturated rings. The molecule has 0 saturated heterocycles. The van der Waals surface area contributed by atoms with Gasteiger partial charge in [0.25, 0.3) is 5.91 Å². The molecule has 0 saturated carbocycles. The molecule has 0 atom stereocenters. The molecule has 0 aliphatic heterocycles. The highest BCUT2D eigenvalue weighted by Crippen LogP contribution is 2.18. The van der Waals surface area contributed by atoms with Gasteiger partial charge in [-0.15, -0.1) is 0 Å². The summed E-state index contributed by atoms with van der Waals surface area (Å²) in [4.78, 5) is 13.7. The molecule has 7 heteroatoms. The largest absolute Gasteiger partial charge is 0.395 e. The number of nitrogens with zero attached hydrogens (tertiary/aromatic N) is 3. The van der Waals surface area contributed by atoms with Gasteiger partial charge in [-0.3, -0.25) is 9.48 Å². The lowest BCUT2D eigenvalue weighted by Gasteiger charge is -2.21. The Bertz CT molecular complexity index is 411. The van der Waals surface area contributed by atoms with Crippen LogP contribution in [-0.4, -0.2) is 57.1 Å². The smallest absolute Gasteiger partial charge is 0.274 e. The fourth-order valence-corrected chi connectivity index (χ4v) is 1.76. The number of hydrogen-bond acceptors (Lipinski definition) is 5. The highest BCUT2D eigenvalue weighted by molar-refractivity contribution is 5.98. The van der Waals surface area contributed by atoms with Crippen LogP contribution >= 0.6 is 0 Å². The number of anilines is 1. The van der Waals surface area contributed by atoms with Gasteiger partial charge in [-0.05, 0) is 13.8 Å². The Hall–Kier alpha value is -1.60. The van der Waals surface area contributed by atoms with E-state index in [1.54, 1.807) is 6.92 Å². The van der Waals surface area contributed by atoms with E-state index in [4.69, 9.17) is 15.9 Å². The molecule has 1 aromatic rings. The van der Waals surface area contributed by atoms with E-state index in [2.05, 4.69) is 5.10 Å². The van der Waals surface area contributed by atoms with Crippen molar-refractivity contribution in [1.29, 1.82) is 0 Å². The number of nitrogens with two attached hydrogens (primary N) is 1. The van der Waals surface area contributed by atoms with Crippen molar-refractivity contribution in [1.82, 2.24) is 14.7 Å². The van der Waals surface area contributed by atoms with Gasteiger partial charge in [0.2, 0.25) is 0 Å². The van der Waals surface area contributed by atoms with Crippen LogP contribution < -0.4 is 5.73 Å². The van der Waals surface area contributed by atoms with E-state index in [-0.39, 0.29) is 32.2 Å². The first-order valence-corrected chi connectivity index (χ1v) is 5.90. The van der Waals surface area contributed by atoms with Crippen LogP contribution in [0.25, 0.3) is 0 Å². The van der Waals surface area contributed by atoms with Crippen molar-refractivity contribution in [2.24, 2.45) is 0 Å². The van der Waals surface area contributed by atoms with Crippen molar-refractivity contribution in [2.75, 3.05) is 32.0 Å². The zero-order valence-electron chi connectivity index (χ0n) is 10.8. The van der Waals surface area contributed by atoms with E-state index < -0.39 is 0 Å². The molecule has 0 unspecified atom stereocenters. The van der Waals surface area contributed by atoms with Gasteiger partial charge in [0, 0.05) is 19.6 Å². The standard InChI is InChI=1S/C11H20N4O3/c1-3-15-10(9(12)8(2)13-15)11(18)14(4-6-16)5-7-17/h16-17H,3-7,12H2,1-2H3. The van der Waals surface area contributed by atoms with Crippen molar-refractivity contribution in [3.63, 3.8) is 0 Å². The molecule has 1 rings (SSSR count). The summed E-state index contributed by atoms with van der Waals surface area (Å²) >= 11 is 0. The van der Waals surface area contributed by atoms with Crippen LogP contribution in [0.3, 0.4) is 0 Å². The van der Waals surface area contributed by atoms with Crippen molar-refractivity contribution < 1.29 is 15.0 Å². The average Bonchev–Trinajstić information content (AvgIpc) is 2.64. The SMILES string of the molecule is CCn1nc(C)c(N)c1C(=O)N(CCO)CCO. The van der Waals surface area contributed by atoms with Gasteiger partial charge in [-0.25, -0.2) is 0 Å². The summed E-state index contributed by atoms with van der Waals surface area (Å²) < 4.78 is 1.54. The zero-order chi connectivity index (χ0) is 13.7. The number of rotatable bonds is 6. The van der Waals surface area contributed by atoms with Crippen LogP contribution in [0.5, 0.6) is 0 Å². The minimum atomic E-state index is -0.321. The maximum Gasteiger partial charge on any atom is 0.274 e. The number of aryl methyl sites for hydroxylation is 2. The number of aliphatic hydroxyl groups is 2. The lowest BCUT2D eigenvalue weighted by molar-refractivity contribution is 0.0673. The average molecular weight is 256 g/mol. The number of nitrogen functional groups attached to an aromatic ring is 1. The molecule has 0 aliphatic rings. The van der Waals surface area contributed by atoms with Gasteiger partial charge in [0.1, 0.15) is 5.69 Å². The summed E-state index contributed by atoms with van der Waals surface area (Å²) in [5.74, 6) is -0.321. The molecule has 0 spiro atoms. The molecule has 0 aromatic carbocycles. The Morgan fingerprint density at radius 3 is 2.39 bits per heavy atom. The Labute approximate surface area is 106 Å². The fourth-order valence-electron chi connectivity index (χ4n) is 1.76. The summed E-state index contributed by atoms with van der Waals surface area (Å²) in [7, 11) is 0. The summed E-state index contributed by atoms with van der Waals surface area (Å²) in [6.45, 7) is 4.13. The third kappa shape index (κ3) is 2.80. The second-order valence-corrected chi connectivity index (χ2v) is 3.90. The highest BCUT2D eigenvalue weighted by atomic mass is 16.3. The summed E-state index contributed by atoms with van der Waals surface area (Å²) in [5, 5.41) is 22.0. The van der Waals surface area contributed by atoms with E-state index in [9.17, 15) is 4.79 Å². The number of carbonyl (C=O) groups excluding carboxylic acids is 1. The van der Waals surface area contributed by atoms with Crippen LogP contribution in [0.2, 0.25) is 0 Å². The van der Waals surface area contributed by atoms with Gasteiger partial charge in [0.15, 0.2) is 0 Å². The molecule has 18 heavy (non-hydrogen) atoms. The monoisotopic (exact) mass is 256 g/mol. The van der Waals surface area contributed by atoms with Gasteiger partial charge in [0.05, 0.1) is 24.6 Å². The van der Waals surface area contributed by atoms with Crippen LogP contribution in [0, 0.1) is 6.92 Å². The minimum absolute atomic E-state index is 0.159.